The van der Waals surface area contributed by atoms with Gasteiger partial charge in [0.05, 0.1) is 6.61 Å². The molecule has 0 unspecified atom stereocenters. The van der Waals surface area contributed by atoms with Crippen LogP contribution in [0.1, 0.15) is 18.4 Å². The molecule has 1 aromatic rings. The molecule has 0 saturated heterocycles. The molecule has 0 fully saturated rings. The summed E-state index contributed by atoms with van der Waals surface area (Å²) in [4.78, 5) is 16.0. The van der Waals surface area contributed by atoms with Crippen molar-refractivity contribution in [3.8, 4) is 0 Å². The summed E-state index contributed by atoms with van der Waals surface area (Å²) in [6, 6.07) is 1.90. The maximum Gasteiger partial charge on any atom is 0.291 e. The number of halogens is 1. The fourth-order valence-electron chi connectivity index (χ4n) is 1.52. The molecule has 5 heteroatoms. The number of carbonyl (C=O) groups is 1. The molecule has 0 radical (unpaired) electrons. The van der Waals surface area contributed by atoms with Gasteiger partial charge in [-0.15, -0.1) is 0 Å². The Morgan fingerprint density at radius 1 is 1.59 bits per heavy atom. The third-order valence-corrected chi connectivity index (χ3v) is 3.70. The topological polar surface area (TPSA) is 51.2 Å². The number of nitrogens with zero attached hydrogens (tertiary/aromatic N) is 1. The summed E-state index contributed by atoms with van der Waals surface area (Å²) in [5.41, 5.74) is 0.970. The number of pyridine rings is 1. The standard InChI is InChI=1S/C12H13IN2O2/c1-8-9(13)5-6-14-11(8)15-12(16)10-4-2-3-7-17-10/h4-6H,2-3,7H2,1H3,(H,14,15,16). The summed E-state index contributed by atoms with van der Waals surface area (Å²) < 4.78 is 6.38. The number of hydrogen-bond acceptors (Lipinski definition) is 3. The highest BCUT2D eigenvalue weighted by molar-refractivity contribution is 14.1. The Balaban J connectivity index is 2.13. The summed E-state index contributed by atoms with van der Waals surface area (Å²) in [5, 5.41) is 2.77. The monoisotopic (exact) mass is 344 g/mol. The van der Waals surface area contributed by atoms with Gasteiger partial charge in [-0.05, 0) is 54.5 Å². The Morgan fingerprint density at radius 3 is 3.12 bits per heavy atom. The first-order valence-electron chi connectivity index (χ1n) is 5.44. The van der Waals surface area contributed by atoms with E-state index in [4.69, 9.17) is 4.74 Å². The molecule has 1 N–H and O–H groups in total. The Labute approximate surface area is 114 Å². The van der Waals surface area contributed by atoms with Gasteiger partial charge in [-0.3, -0.25) is 4.79 Å². The van der Waals surface area contributed by atoms with Crippen LogP contribution in [0.25, 0.3) is 0 Å². The normalized spacial score (nSPS) is 14.8. The molecule has 0 atom stereocenters. The van der Waals surface area contributed by atoms with E-state index in [9.17, 15) is 4.79 Å². The Kier molecular flexibility index (Phi) is 3.98. The fourth-order valence-corrected chi connectivity index (χ4v) is 1.94. The molecule has 0 aliphatic carbocycles. The number of aromatic nitrogens is 1. The lowest BCUT2D eigenvalue weighted by molar-refractivity contribution is -0.116. The van der Waals surface area contributed by atoms with E-state index < -0.39 is 0 Å². The Morgan fingerprint density at radius 2 is 2.41 bits per heavy atom. The third kappa shape index (κ3) is 2.96. The highest BCUT2D eigenvalue weighted by atomic mass is 127. The molecule has 2 heterocycles. The molecule has 1 aliphatic rings. The van der Waals surface area contributed by atoms with Gasteiger partial charge in [-0.2, -0.15) is 0 Å². The summed E-state index contributed by atoms with van der Waals surface area (Å²) in [5.74, 6) is 0.774. The van der Waals surface area contributed by atoms with Crippen molar-refractivity contribution in [1.82, 2.24) is 4.98 Å². The first-order valence-corrected chi connectivity index (χ1v) is 6.52. The zero-order valence-corrected chi connectivity index (χ0v) is 11.7. The first kappa shape index (κ1) is 12.3. The number of hydrogen-bond donors (Lipinski definition) is 1. The zero-order chi connectivity index (χ0) is 12.3. The van der Waals surface area contributed by atoms with Crippen molar-refractivity contribution < 1.29 is 9.53 Å². The minimum atomic E-state index is -0.220. The molecule has 2 rings (SSSR count). The average molecular weight is 344 g/mol. The van der Waals surface area contributed by atoms with Crippen molar-refractivity contribution in [2.24, 2.45) is 0 Å². The molecular weight excluding hydrogens is 331 g/mol. The van der Waals surface area contributed by atoms with E-state index in [1.807, 2.05) is 19.1 Å². The van der Waals surface area contributed by atoms with Crippen molar-refractivity contribution in [1.29, 1.82) is 0 Å². The maximum absolute atomic E-state index is 11.9. The summed E-state index contributed by atoms with van der Waals surface area (Å²) >= 11 is 2.21. The van der Waals surface area contributed by atoms with Gasteiger partial charge >= 0.3 is 0 Å². The van der Waals surface area contributed by atoms with Gasteiger partial charge < -0.3 is 10.1 Å². The minimum Gasteiger partial charge on any atom is -0.488 e. The van der Waals surface area contributed by atoms with Gasteiger partial charge in [0, 0.05) is 15.3 Å². The third-order valence-electron chi connectivity index (χ3n) is 2.53. The van der Waals surface area contributed by atoms with Crippen LogP contribution in [0.3, 0.4) is 0 Å². The molecule has 1 amide bonds. The quantitative estimate of drug-likeness (QED) is 0.840. The van der Waals surface area contributed by atoms with Crippen LogP contribution in [-0.2, 0) is 9.53 Å². The lowest BCUT2D eigenvalue weighted by Gasteiger charge is -2.15. The maximum atomic E-state index is 11.9. The van der Waals surface area contributed by atoms with Crippen molar-refractivity contribution in [3.63, 3.8) is 0 Å². The van der Waals surface area contributed by atoms with Crippen molar-refractivity contribution in [3.05, 3.63) is 33.2 Å². The van der Waals surface area contributed by atoms with Gasteiger partial charge in [0.2, 0.25) is 0 Å². The molecule has 1 aliphatic heterocycles. The smallest absolute Gasteiger partial charge is 0.291 e. The van der Waals surface area contributed by atoms with Crippen molar-refractivity contribution >= 4 is 34.3 Å². The lowest BCUT2D eigenvalue weighted by atomic mass is 10.2. The summed E-state index contributed by atoms with van der Waals surface area (Å²) in [6.07, 6.45) is 5.36. The van der Waals surface area contributed by atoms with Crippen LogP contribution >= 0.6 is 22.6 Å². The van der Waals surface area contributed by atoms with E-state index >= 15 is 0 Å². The number of carbonyl (C=O) groups excluding carboxylic acids is 1. The number of ether oxygens (including phenoxy) is 1. The van der Waals surface area contributed by atoms with Gasteiger partial charge in [-0.1, -0.05) is 0 Å². The van der Waals surface area contributed by atoms with Crippen LogP contribution in [0, 0.1) is 10.5 Å². The predicted molar refractivity (Wildman–Crippen MR) is 73.6 cm³/mol. The lowest BCUT2D eigenvalue weighted by Crippen LogP contribution is -2.20. The first-order chi connectivity index (χ1) is 8.18. The number of allylic oxidation sites excluding steroid dienone is 1. The van der Waals surface area contributed by atoms with Gasteiger partial charge in [0.25, 0.3) is 5.91 Å². The van der Waals surface area contributed by atoms with E-state index in [0.29, 0.717) is 18.2 Å². The van der Waals surface area contributed by atoms with Crippen LogP contribution in [0.15, 0.2) is 24.1 Å². The van der Waals surface area contributed by atoms with Gasteiger partial charge in [0.1, 0.15) is 5.82 Å². The molecule has 0 spiro atoms. The Bertz CT molecular complexity index is 472. The van der Waals surface area contributed by atoms with Crippen LogP contribution < -0.4 is 5.32 Å². The highest BCUT2D eigenvalue weighted by Gasteiger charge is 2.15. The molecule has 90 valence electrons. The number of nitrogens with one attached hydrogen (secondary N) is 1. The van der Waals surface area contributed by atoms with Crippen LogP contribution in [0.4, 0.5) is 5.82 Å². The van der Waals surface area contributed by atoms with Crippen molar-refractivity contribution in [2.45, 2.75) is 19.8 Å². The second-order valence-corrected chi connectivity index (χ2v) is 4.94. The predicted octanol–water partition coefficient (Wildman–Crippen LogP) is 2.63. The van der Waals surface area contributed by atoms with Crippen molar-refractivity contribution in [2.75, 3.05) is 11.9 Å². The SMILES string of the molecule is Cc1c(I)ccnc1NC(=O)C1=CCCCO1. The number of amides is 1. The summed E-state index contributed by atoms with van der Waals surface area (Å²) in [7, 11) is 0. The largest absolute Gasteiger partial charge is 0.488 e. The molecule has 0 saturated carbocycles. The average Bonchev–Trinajstić information content (AvgIpc) is 2.36. The van der Waals surface area contributed by atoms with E-state index in [1.54, 1.807) is 6.20 Å². The second kappa shape index (κ2) is 5.48. The van der Waals surface area contributed by atoms with Crippen LogP contribution in [0.5, 0.6) is 0 Å². The van der Waals surface area contributed by atoms with E-state index in [0.717, 1.165) is 22.0 Å². The fraction of sp³-hybridized carbons (Fsp3) is 0.333. The van der Waals surface area contributed by atoms with Gasteiger partial charge in [0.15, 0.2) is 5.76 Å². The second-order valence-electron chi connectivity index (χ2n) is 3.78. The zero-order valence-electron chi connectivity index (χ0n) is 9.50. The number of anilines is 1. The van der Waals surface area contributed by atoms with E-state index in [2.05, 4.69) is 32.9 Å². The molecular formula is C12H13IN2O2. The highest BCUT2D eigenvalue weighted by Crippen LogP contribution is 2.19. The Hall–Kier alpha value is -1.11. The van der Waals surface area contributed by atoms with E-state index in [1.165, 1.54) is 0 Å². The van der Waals surface area contributed by atoms with Gasteiger partial charge in [-0.25, -0.2) is 4.98 Å². The number of rotatable bonds is 2. The minimum absolute atomic E-state index is 0.220. The molecule has 1 aromatic heterocycles. The molecule has 17 heavy (non-hydrogen) atoms. The van der Waals surface area contributed by atoms with E-state index in [-0.39, 0.29) is 5.91 Å². The summed E-state index contributed by atoms with van der Waals surface area (Å²) in [6.45, 7) is 2.54. The molecule has 0 aromatic carbocycles. The molecule has 0 bridgehead atoms. The van der Waals surface area contributed by atoms with Crippen LogP contribution in [0.2, 0.25) is 0 Å². The molecule has 4 nitrogen and oxygen atoms in total. The van der Waals surface area contributed by atoms with Crippen LogP contribution in [-0.4, -0.2) is 17.5 Å².